The molecule has 9 nitrogen and oxygen atoms in total. The summed E-state index contributed by atoms with van der Waals surface area (Å²) in [5.41, 5.74) is 0.651. The van der Waals surface area contributed by atoms with Crippen molar-refractivity contribution in [3.8, 4) is 11.5 Å². The number of hydrogen-bond acceptors (Lipinski definition) is 6. The summed E-state index contributed by atoms with van der Waals surface area (Å²) in [5.74, 6) is 0.0168. The summed E-state index contributed by atoms with van der Waals surface area (Å²) in [6.07, 6.45) is 0.533. The summed E-state index contributed by atoms with van der Waals surface area (Å²) in [4.78, 5) is 39.6. The Balaban J connectivity index is 1.66. The zero-order valence-corrected chi connectivity index (χ0v) is 18.2. The predicted molar refractivity (Wildman–Crippen MR) is 114 cm³/mol. The van der Waals surface area contributed by atoms with Gasteiger partial charge in [0.15, 0.2) is 11.5 Å². The minimum Gasteiger partial charge on any atom is -0.486 e. The molecule has 3 atom stereocenters. The van der Waals surface area contributed by atoms with E-state index in [4.69, 9.17) is 9.47 Å². The maximum absolute atomic E-state index is 12.9. The van der Waals surface area contributed by atoms with Gasteiger partial charge in [-0.15, -0.1) is 0 Å². The highest BCUT2D eigenvalue weighted by atomic mass is 16.6. The van der Waals surface area contributed by atoms with Crippen LogP contribution >= 0.6 is 0 Å². The second kappa shape index (κ2) is 10.00. The first-order valence-electron chi connectivity index (χ1n) is 10.7. The summed E-state index contributed by atoms with van der Waals surface area (Å²) >= 11 is 0. The number of ether oxygens (including phenoxy) is 2. The summed E-state index contributed by atoms with van der Waals surface area (Å²) in [6, 6.07) is 4.16. The number of fused-ring (bicyclic) bond motifs is 1. The Labute approximate surface area is 182 Å². The molecule has 3 rings (SSSR count). The molecule has 0 bridgehead atoms. The first-order valence-corrected chi connectivity index (χ1v) is 10.7. The van der Waals surface area contributed by atoms with Crippen molar-refractivity contribution in [1.82, 2.24) is 10.6 Å². The lowest BCUT2D eigenvalue weighted by Gasteiger charge is -2.24. The molecule has 1 aromatic carbocycles. The lowest BCUT2D eigenvalue weighted by Crippen LogP contribution is -2.51. The van der Waals surface area contributed by atoms with Crippen LogP contribution in [0.5, 0.6) is 11.5 Å². The Bertz CT molecular complexity index is 827. The van der Waals surface area contributed by atoms with Gasteiger partial charge in [0.1, 0.15) is 19.3 Å². The maximum atomic E-state index is 12.9. The molecular formula is C22H31N3O6. The van der Waals surface area contributed by atoms with E-state index in [-0.39, 0.29) is 43.2 Å². The molecule has 3 N–H and O–H groups in total. The van der Waals surface area contributed by atoms with Crippen molar-refractivity contribution in [2.75, 3.05) is 31.3 Å². The number of rotatable bonds is 8. The van der Waals surface area contributed by atoms with E-state index in [0.29, 0.717) is 36.8 Å². The van der Waals surface area contributed by atoms with E-state index in [2.05, 4.69) is 10.6 Å². The molecule has 2 heterocycles. The molecule has 1 fully saturated rings. The molecule has 0 aromatic heterocycles. The van der Waals surface area contributed by atoms with Crippen LogP contribution in [0.15, 0.2) is 18.2 Å². The van der Waals surface area contributed by atoms with Gasteiger partial charge in [0, 0.05) is 30.8 Å². The summed E-state index contributed by atoms with van der Waals surface area (Å²) in [5, 5.41) is 14.7. The second-order valence-electron chi connectivity index (χ2n) is 8.52. The molecule has 0 aliphatic carbocycles. The van der Waals surface area contributed by atoms with Crippen LogP contribution in [0.25, 0.3) is 0 Å². The molecule has 170 valence electrons. The topological polar surface area (TPSA) is 117 Å². The van der Waals surface area contributed by atoms with E-state index < -0.39 is 18.0 Å². The molecule has 3 amide bonds. The van der Waals surface area contributed by atoms with Crippen molar-refractivity contribution in [3.63, 3.8) is 0 Å². The highest BCUT2D eigenvalue weighted by Gasteiger charge is 2.37. The van der Waals surface area contributed by atoms with Crippen molar-refractivity contribution in [3.05, 3.63) is 18.2 Å². The fourth-order valence-corrected chi connectivity index (χ4v) is 3.71. The maximum Gasteiger partial charge on any atom is 0.242 e. The quantitative estimate of drug-likeness (QED) is 0.559. The average Bonchev–Trinajstić information content (AvgIpc) is 3.14. The number of carbonyl (C=O) groups is 3. The Morgan fingerprint density at radius 3 is 2.55 bits per heavy atom. The Morgan fingerprint density at radius 1 is 1.16 bits per heavy atom. The number of anilines is 1. The largest absolute Gasteiger partial charge is 0.486 e. The molecule has 31 heavy (non-hydrogen) atoms. The lowest BCUT2D eigenvalue weighted by atomic mass is 10.0. The van der Waals surface area contributed by atoms with Crippen molar-refractivity contribution in [2.24, 2.45) is 11.8 Å². The fraction of sp³-hybridized carbons (Fsp3) is 0.591. The van der Waals surface area contributed by atoms with Gasteiger partial charge in [-0.2, -0.15) is 0 Å². The van der Waals surface area contributed by atoms with Crippen LogP contribution in [0.3, 0.4) is 0 Å². The normalized spacial score (nSPS) is 19.8. The van der Waals surface area contributed by atoms with Gasteiger partial charge in [-0.25, -0.2) is 0 Å². The highest BCUT2D eigenvalue weighted by molar-refractivity contribution is 6.01. The van der Waals surface area contributed by atoms with Gasteiger partial charge in [-0.05, 0) is 31.4 Å². The van der Waals surface area contributed by atoms with Crippen LogP contribution in [0.2, 0.25) is 0 Å². The number of benzene rings is 1. The van der Waals surface area contributed by atoms with Crippen molar-refractivity contribution in [2.45, 2.75) is 45.7 Å². The number of nitrogens with one attached hydrogen (secondary N) is 2. The van der Waals surface area contributed by atoms with Crippen LogP contribution < -0.4 is 25.0 Å². The zero-order valence-electron chi connectivity index (χ0n) is 18.2. The van der Waals surface area contributed by atoms with Crippen molar-refractivity contribution >= 4 is 23.4 Å². The van der Waals surface area contributed by atoms with Crippen LogP contribution in [0.1, 0.15) is 33.6 Å². The molecule has 1 saturated heterocycles. The molecule has 9 heteroatoms. The number of hydrogen-bond donors (Lipinski definition) is 3. The smallest absolute Gasteiger partial charge is 0.242 e. The lowest BCUT2D eigenvalue weighted by molar-refractivity contribution is -0.132. The van der Waals surface area contributed by atoms with Crippen molar-refractivity contribution < 1.29 is 29.0 Å². The van der Waals surface area contributed by atoms with Gasteiger partial charge in [-0.1, -0.05) is 13.8 Å². The molecule has 3 unspecified atom stereocenters. The Morgan fingerprint density at radius 2 is 1.87 bits per heavy atom. The van der Waals surface area contributed by atoms with Gasteiger partial charge >= 0.3 is 0 Å². The van der Waals surface area contributed by atoms with Gasteiger partial charge in [-0.3, -0.25) is 14.4 Å². The predicted octanol–water partition coefficient (Wildman–Crippen LogP) is 0.839. The van der Waals surface area contributed by atoms with Crippen LogP contribution in [0.4, 0.5) is 5.69 Å². The second-order valence-corrected chi connectivity index (χ2v) is 8.52. The van der Waals surface area contributed by atoms with E-state index in [9.17, 15) is 19.5 Å². The number of nitrogens with zero attached hydrogens (tertiary/aromatic N) is 1. The van der Waals surface area contributed by atoms with Gasteiger partial charge < -0.3 is 30.1 Å². The summed E-state index contributed by atoms with van der Waals surface area (Å²) in [6.45, 7) is 6.59. The highest BCUT2D eigenvalue weighted by Crippen LogP contribution is 2.36. The molecule has 0 spiro atoms. The molecule has 1 aromatic rings. The fourth-order valence-electron chi connectivity index (χ4n) is 3.71. The SMILES string of the molecule is CC(C)CC(NC(=O)C1CC(=O)N(c2ccc3c(c2)OCCO3)C1)C(=O)NC(C)CO. The van der Waals surface area contributed by atoms with Gasteiger partial charge in [0.2, 0.25) is 17.7 Å². The Hall–Kier alpha value is -2.81. The van der Waals surface area contributed by atoms with E-state index in [1.165, 1.54) is 0 Å². The molecular weight excluding hydrogens is 402 g/mol. The number of amides is 3. The van der Waals surface area contributed by atoms with Gasteiger partial charge in [0.25, 0.3) is 0 Å². The third-order valence-electron chi connectivity index (χ3n) is 5.34. The van der Waals surface area contributed by atoms with Crippen LogP contribution in [-0.2, 0) is 14.4 Å². The molecule has 0 saturated carbocycles. The first kappa shape index (κ1) is 22.9. The molecule has 2 aliphatic heterocycles. The summed E-state index contributed by atoms with van der Waals surface area (Å²) in [7, 11) is 0. The summed E-state index contributed by atoms with van der Waals surface area (Å²) < 4.78 is 11.1. The van der Waals surface area contributed by atoms with E-state index in [0.717, 1.165) is 0 Å². The average molecular weight is 434 g/mol. The monoisotopic (exact) mass is 433 g/mol. The van der Waals surface area contributed by atoms with E-state index in [1.54, 1.807) is 30.0 Å². The third kappa shape index (κ3) is 5.66. The van der Waals surface area contributed by atoms with E-state index >= 15 is 0 Å². The standard InChI is InChI=1S/C22H31N3O6/c1-13(2)8-17(22(29)23-14(3)12-26)24-21(28)15-9-20(27)25(11-15)16-4-5-18-19(10-16)31-7-6-30-18/h4-5,10,13-15,17,26H,6-9,11-12H2,1-3H3,(H,23,29)(H,24,28). The van der Waals surface area contributed by atoms with Crippen LogP contribution in [-0.4, -0.2) is 61.3 Å². The third-order valence-corrected chi connectivity index (χ3v) is 5.34. The van der Waals surface area contributed by atoms with Crippen molar-refractivity contribution in [1.29, 1.82) is 0 Å². The molecule has 2 aliphatic rings. The number of aliphatic hydroxyl groups excluding tert-OH is 1. The number of carbonyl (C=O) groups excluding carboxylic acids is 3. The van der Waals surface area contributed by atoms with Crippen LogP contribution in [0, 0.1) is 11.8 Å². The van der Waals surface area contributed by atoms with E-state index in [1.807, 2.05) is 13.8 Å². The minimum absolute atomic E-state index is 0.0728. The first-order chi connectivity index (χ1) is 14.8. The minimum atomic E-state index is -0.722. The zero-order chi connectivity index (χ0) is 22.5. The van der Waals surface area contributed by atoms with Gasteiger partial charge in [0.05, 0.1) is 12.5 Å². The molecule has 0 radical (unpaired) electrons. The number of aliphatic hydroxyl groups is 1. The Kier molecular flexibility index (Phi) is 7.37.